The maximum Gasteiger partial charge on any atom is 0.300 e. The monoisotopic (exact) mass is 498 g/mol. The van der Waals surface area contributed by atoms with Crippen molar-refractivity contribution in [3.05, 3.63) is 126 Å². The minimum Gasteiger partial charge on any atom is -0.507 e. The first-order chi connectivity index (χ1) is 18.4. The quantitative estimate of drug-likeness (QED) is 0.130. The van der Waals surface area contributed by atoms with Crippen molar-refractivity contribution in [2.75, 3.05) is 23.9 Å². The zero-order valence-corrected chi connectivity index (χ0v) is 21.1. The van der Waals surface area contributed by atoms with Gasteiger partial charge in [-0.3, -0.25) is 14.5 Å². The first-order valence-corrected chi connectivity index (χ1v) is 12.5. The van der Waals surface area contributed by atoms with E-state index < -0.39 is 17.7 Å². The number of para-hydroxylation sites is 1. The largest absolute Gasteiger partial charge is 0.507 e. The number of carbonyl (C=O) groups is 2. The lowest BCUT2D eigenvalue weighted by Crippen LogP contribution is -2.29. The Balaban J connectivity index is 1.60. The second-order valence-electron chi connectivity index (χ2n) is 9.72. The molecule has 0 aliphatic carbocycles. The summed E-state index contributed by atoms with van der Waals surface area (Å²) in [5.74, 6) is -1.54. The molecule has 6 rings (SSSR count). The lowest BCUT2D eigenvalue weighted by atomic mass is 9.92. The third kappa shape index (κ3) is 3.80. The van der Waals surface area contributed by atoms with Crippen LogP contribution in [0.1, 0.15) is 17.2 Å². The molecule has 5 aromatic rings. The summed E-state index contributed by atoms with van der Waals surface area (Å²) in [5.41, 5.74) is 2.93. The van der Waals surface area contributed by atoms with E-state index in [4.69, 9.17) is 0 Å². The summed E-state index contributed by atoms with van der Waals surface area (Å²) in [6.07, 6.45) is 0. The van der Waals surface area contributed by atoms with Crippen LogP contribution in [0.4, 0.5) is 11.4 Å². The van der Waals surface area contributed by atoms with E-state index in [0.29, 0.717) is 11.3 Å². The number of Topliss-reactive ketones (excluding diaryl/α,β-unsaturated/α-hetero) is 1. The number of benzene rings is 5. The predicted molar refractivity (Wildman–Crippen MR) is 153 cm³/mol. The summed E-state index contributed by atoms with van der Waals surface area (Å²) >= 11 is 0. The SMILES string of the molecule is CN(C)c1ccc(C2/C(=C(\O)c3cccc4cc5ccccc5cc34)C(=O)C(=O)N2c2ccccc2)cc1. The molecule has 1 heterocycles. The number of ketones is 1. The molecule has 0 saturated carbocycles. The molecule has 1 atom stereocenters. The molecule has 0 aromatic heterocycles. The van der Waals surface area contributed by atoms with Gasteiger partial charge in [0.05, 0.1) is 11.6 Å². The number of hydrogen-bond donors (Lipinski definition) is 1. The van der Waals surface area contributed by atoms with Gasteiger partial charge in [0.2, 0.25) is 0 Å². The Bertz CT molecular complexity index is 1740. The van der Waals surface area contributed by atoms with Gasteiger partial charge >= 0.3 is 0 Å². The highest BCUT2D eigenvalue weighted by Gasteiger charge is 2.47. The van der Waals surface area contributed by atoms with E-state index >= 15 is 0 Å². The van der Waals surface area contributed by atoms with Gasteiger partial charge in [-0.05, 0) is 63.5 Å². The molecule has 5 heteroatoms. The average Bonchev–Trinajstić information content (AvgIpc) is 3.21. The van der Waals surface area contributed by atoms with Gasteiger partial charge in [0.25, 0.3) is 11.7 Å². The molecule has 5 nitrogen and oxygen atoms in total. The summed E-state index contributed by atoms with van der Waals surface area (Å²) in [4.78, 5) is 30.5. The van der Waals surface area contributed by atoms with E-state index in [0.717, 1.165) is 32.8 Å². The van der Waals surface area contributed by atoms with E-state index in [1.807, 2.05) is 104 Å². The van der Waals surface area contributed by atoms with Gasteiger partial charge in [-0.1, -0.05) is 72.8 Å². The molecule has 1 saturated heterocycles. The van der Waals surface area contributed by atoms with Gasteiger partial charge in [-0.2, -0.15) is 0 Å². The smallest absolute Gasteiger partial charge is 0.300 e. The summed E-state index contributed by atoms with van der Waals surface area (Å²) in [5, 5.41) is 15.7. The second kappa shape index (κ2) is 9.20. The van der Waals surface area contributed by atoms with Gasteiger partial charge in [0, 0.05) is 31.0 Å². The van der Waals surface area contributed by atoms with Crippen LogP contribution < -0.4 is 9.80 Å². The molecule has 1 unspecified atom stereocenters. The Morgan fingerprint density at radius 2 is 1.37 bits per heavy atom. The van der Waals surface area contributed by atoms with Gasteiger partial charge in [-0.25, -0.2) is 0 Å². The Morgan fingerprint density at radius 1 is 0.737 bits per heavy atom. The van der Waals surface area contributed by atoms with Crippen LogP contribution in [0.25, 0.3) is 27.3 Å². The first kappa shape index (κ1) is 23.5. The number of amides is 1. The molecule has 186 valence electrons. The van der Waals surface area contributed by atoms with Crippen LogP contribution in [-0.2, 0) is 9.59 Å². The highest BCUT2D eigenvalue weighted by atomic mass is 16.3. The fourth-order valence-electron chi connectivity index (χ4n) is 5.28. The molecule has 38 heavy (non-hydrogen) atoms. The number of anilines is 2. The van der Waals surface area contributed by atoms with Gasteiger partial charge in [-0.15, -0.1) is 0 Å². The number of hydrogen-bond acceptors (Lipinski definition) is 4. The summed E-state index contributed by atoms with van der Waals surface area (Å²) < 4.78 is 0. The third-order valence-electron chi connectivity index (χ3n) is 7.21. The van der Waals surface area contributed by atoms with Crippen LogP contribution in [0, 0.1) is 0 Å². The number of nitrogens with zero attached hydrogens (tertiary/aromatic N) is 2. The number of carbonyl (C=O) groups excluding carboxylic acids is 2. The molecule has 1 amide bonds. The first-order valence-electron chi connectivity index (χ1n) is 12.5. The van der Waals surface area contributed by atoms with Crippen molar-refractivity contribution in [2.24, 2.45) is 0 Å². The normalized spacial score (nSPS) is 16.9. The van der Waals surface area contributed by atoms with Crippen LogP contribution in [0.3, 0.4) is 0 Å². The number of rotatable bonds is 4. The van der Waals surface area contributed by atoms with Gasteiger partial charge in [0.1, 0.15) is 5.76 Å². The number of aliphatic hydroxyl groups excluding tert-OH is 1. The summed E-state index contributed by atoms with van der Waals surface area (Å²) in [7, 11) is 3.91. The van der Waals surface area contributed by atoms with Crippen molar-refractivity contribution < 1.29 is 14.7 Å². The maximum absolute atomic E-state index is 13.6. The second-order valence-corrected chi connectivity index (χ2v) is 9.72. The lowest BCUT2D eigenvalue weighted by molar-refractivity contribution is -0.132. The standard InChI is InChI=1S/C33H26N2O3/c1-34(2)25-17-15-21(16-18-25)30-29(32(37)33(38)35(30)26-12-4-3-5-13-26)31(36)27-14-8-11-24-19-22-9-6-7-10-23(22)20-28(24)27/h3-20,30,36H,1-2H3/b31-29+. The predicted octanol–water partition coefficient (Wildman–Crippen LogP) is 6.69. The lowest BCUT2D eigenvalue weighted by Gasteiger charge is -2.26. The molecule has 5 aromatic carbocycles. The van der Waals surface area contributed by atoms with E-state index in [9.17, 15) is 14.7 Å². The van der Waals surface area contributed by atoms with E-state index in [-0.39, 0.29) is 11.3 Å². The molecule has 0 radical (unpaired) electrons. The molecule has 1 fully saturated rings. The van der Waals surface area contributed by atoms with Crippen molar-refractivity contribution in [3.63, 3.8) is 0 Å². The topological polar surface area (TPSA) is 60.9 Å². The van der Waals surface area contributed by atoms with Crippen LogP contribution in [0.15, 0.2) is 115 Å². The Kier molecular flexibility index (Phi) is 5.69. The summed E-state index contributed by atoms with van der Waals surface area (Å²) in [6, 6.07) is 33.8. The molecule has 0 bridgehead atoms. The van der Waals surface area contributed by atoms with Crippen molar-refractivity contribution >= 4 is 50.4 Å². The summed E-state index contributed by atoms with van der Waals surface area (Å²) in [6.45, 7) is 0. The molecular formula is C33H26N2O3. The van der Waals surface area contributed by atoms with E-state index in [1.54, 1.807) is 18.2 Å². The fourth-order valence-corrected chi connectivity index (χ4v) is 5.28. The van der Waals surface area contributed by atoms with Crippen molar-refractivity contribution in [3.8, 4) is 0 Å². The Morgan fingerprint density at radius 3 is 2.05 bits per heavy atom. The van der Waals surface area contributed by atoms with E-state index in [1.165, 1.54) is 4.90 Å². The highest BCUT2D eigenvalue weighted by molar-refractivity contribution is 6.51. The Labute approximate surface area is 220 Å². The molecule has 1 aliphatic rings. The highest BCUT2D eigenvalue weighted by Crippen LogP contribution is 2.43. The number of fused-ring (bicyclic) bond motifs is 2. The van der Waals surface area contributed by atoms with Crippen molar-refractivity contribution in [1.82, 2.24) is 0 Å². The molecule has 0 spiro atoms. The third-order valence-corrected chi connectivity index (χ3v) is 7.21. The zero-order valence-electron chi connectivity index (χ0n) is 21.1. The Hall–Kier alpha value is -4.90. The van der Waals surface area contributed by atoms with Crippen LogP contribution in [-0.4, -0.2) is 30.9 Å². The van der Waals surface area contributed by atoms with Gasteiger partial charge in [0.15, 0.2) is 0 Å². The minimum absolute atomic E-state index is 0.0807. The van der Waals surface area contributed by atoms with Crippen molar-refractivity contribution in [1.29, 1.82) is 0 Å². The van der Waals surface area contributed by atoms with Gasteiger partial charge < -0.3 is 10.0 Å². The molecule has 1 N–H and O–H groups in total. The van der Waals surface area contributed by atoms with Crippen LogP contribution >= 0.6 is 0 Å². The zero-order chi connectivity index (χ0) is 26.4. The molecular weight excluding hydrogens is 472 g/mol. The minimum atomic E-state index is -0.774. The van der Waals surface area contributed by atoms with E-state index in [2.05, 4.69) is 6.07 Å². The van der Waals surface area contributed by atoms with Crippen molar-refractivity contribution in [2.45, 2.75) is 6.04 Å². The average molecular weight is 499 g/mol. The fraction of sp³-hybridized carbons (Fsp3) is 0.0909. The van der Waals surface area contributed by atoms with Crippen LogP contribution in [0.5, 0.6) is 0 Å². The maximum atomic E-state index is 13.6. The molecule has 1 aliphatic heterocycles. The number of aliphatic hydroxyl groups is 1. The van der Waals surface area contributed by atoms with Crippen LogP contribution in [0.2, 0.25) is 0 Å².